The van der Waals surface area contributed by atoms with Crippen LogP contribution in [0.5, 0.6) is 0 Å². The molecule has 1 atom stereocenters. The molecular formula is C22H29N3O3S. The standard InChI is InChI=1S/C22H29N3O3S/c1-4-24(5-2)29(27,28)20-13-11-19(12-14-20)22(26)25-16-15-23(3)17-21(25)18-9-7-6-8-10-18/h6-14,21H,4-5,15-17H2,1-3H3. The Morgan fingerprint density at radius 2 is 1.62 bits per heavy atom. The summed E-state index contributed by atoms with van der Waals surface area (Å²) < 4.78 is 26.8. The second-order valence-electron chi connectivity index (χ2n) is 7.30. The van der Waals surface area contributed by atoms with Crippen LogP contribution in [0.4, 0.5) is 0 Å². The summed E-state index contributed by atoms with van der Waals surface area (Å²) >= 11 is 0. The highest BCUT2D eigenvalue weighted by Crippen LogP contribution is 2.27. The maximum absolute atomic E-state index is 13.2. The predicted molar refractivity (Wildman–Crippen MR) is 114 cm³/mol. The first-order chi connectivity index (χ1) is 13.9. The van der Waals surface area contributed by atoms with E-state index in [4.69, 9.17) is 0 Å². The Hall–Kier alpha value is -2.22. The molecule has 0 radical (unpaired) electrons. The number of hydrogen-bond donors (Lipinski definition) is 0. The average Bonchev–Trinajstić information content (AvgIpc) is 2.74. The molecule has 0 saturated carbocycles. The molecule has 29 heavy (non-hydrogen) atoms. The van der Waals surface area contributed by atoms with Gasteiger partial charge in [-0.1, -0.05) is 44.2 Å². The van der Waals surface area contributed by atoms with Gasteiger partial charge in [0.2, 0.25) is 10.0 Å². The number of amides is 1. The monoisotopic (exact) mass is 415 g/mol. The molecule has 1 fully saturated rings. The van der Waals surface area contributed by atoms with Crippen LogP contribution >= 0.6 is 0 Å². The molecule has 6 nitrogen and oxygen atoms in total. The molecule has 0 bridgehead atoms. The maximum atomic E-state index is 13.2. The van der Waals surface area contributed by atoms with E-state index in [9.17, 15) is 13.2 Å². The SMILES string of the molecule is CCN(CC)S(=O)(=O)c1ccc(C(=O)N2CCN(C)CC2c2ccccc2)cc1. The van der Waals surface area contributed by atoms with Gasteiger partial charge >= 0.3 is 0 Å². The summed E-state index contributed by atoms with van der Waals surface area (Å²) in [6.07, 6.45) is 0. The van der Waals surface area contributed by atoms with Gasteiger partial charge < -0.3 is 9.80 Å². The Morgan fingerprint density at radius 1 is 1.00 bits per heavy atom. The van der Waals surface area contributed by atoms with Crippen LogP contribution in [0.2, 0.25) is 0 Å². The van der Waals surface area contributed by atoms with Crippen molar-refractivity contribution in [3.8, 4) is 0 Å². The zero-order valence-electron chi connectivity index (χ0n) is 17.3. The number of carbonyl (C=O) groups is 1. The van der Waals surface area contributed by atoms with Gasteiger partial charge in [0.25, 0.3) is 5.91 Å². The summed E-state index contributed by atoms with van der Waals surface area (Å²) in [5.74, 6) is -0.0706. The summed E-state index contributed by atoms with van der Waals surface area (Å²) in [5.41, 5.74) is 1.61. The van der Waals surface area contributed by atoms with Crippen molar-refractivity contribution < 1.29 is 13.2 Å². The number of hydrogen-bond acceptors (Lipinski definition) is 4. The maximum Gasteiger partial charge on any atom is 0.254 e. The highest BCUT2D eigenvalue weighted by atomic mass is 32.2. The van der Waals surface area contributed by atoms with Crippen LogP contribution < -0.4 is 0 Å². The number of sulfonamides is 1. The third-order valence-electron chi connectivity index (χ3n) is 5.47. The molecular weight excluding hydrogens is 386 g/mol. The molecule has 1 unspecified atom stereocenters. The quantitative estimate of drug-likeness (QED) is 0.728. The fourth-order valence-corrected chi connectivity index (χ4v) is 5.23. The molecule has 0 spiro atoms. The lowest BCUT2D eigenvalue weighted by atomic mass is 10.0. The second-order valence-corrected chi connectivity index (χ2v) is 9.24. The van der Waals surface area contributed by atoms with Gasteiger partial charge in [0.1, 0.15) is 0 Å². The van der Waals surface area contributed by atoms with Crippen molar-refractivity contribution in [3.63, 3.8) is 0 Å². The smallest absolute Gasteiger partial charge is 0.254 e. The van der Waals surface area contributed by atoms with E-state index in [0.717, 1.165) is 18.7 Å². The molecule has 1 saturated heterocycles. The van der Waals surface area contributed by atoms with Crippen molar-refractivity contribution in [2.75, 3.05) is 39.8 Å². The summed E-state index contributed by atoms with van der Waals surface area (Å²) in [6, 6.07) is 16.3. The number of likely N-dealkylation sites (N-methyl/N-ethyl adjacent to an activating group) is 1. The fraction of sp³-hybridized carbons (Fsp3) is 0.409. The normalized spacial score (nSPS) is 18.2. The lowest BCUT2D eigenvalue weighted by molar-refractivity contribution is 0.0498. The molecule has 1 heterocycles. The molecule has 156 valence electrons. The Morgan fingerprint density at radius 3 is 2.21 bits per heavy atom. The summed E-state index contributed by atoms with van der Waals surface area (Å²) in [7, 11) is -1.47. The van der Waals surface area contributed by atoms with Gasteiger partial charge in [-0.2, -0.15) is 4.31 Å². The van der Waals surface area contributed by atoms with Crippen LogP contribution in [0.1, 0.15) is 35.8 Å². The zero-order valence-corrected chi connectivity index (χ0v) is 18.1. The van der Waals surface area contributed by atoms with Gasteiger partial charge in [0.05, 0.1) is 10.9 Å². The number of rotatable bonds is 6. The molecule has 1 aliphatic heterocycles. The van der Waals surface area contributed by atoms with Crippen molar-refractivity contribution in [1.29, 1.82) is 0 Å². The van der Waals surface area contributed by atoms with Crippen molar-refractivity contribution in [1.82, 2.24) is 14.1 Å². The third-order valence-corrected chi connectivity index (χ3v) is 7.54. The van der Waals surface area contributed by atoms with E-state index in [1.807, 2.05) is 49.1 Å². The second kappa shape index (κ2) is 9.07. The van der Waals surface area contributed by atoms with Gasteiger partial charge in [-0.05, 0) is 36.9 Å². The largest absolute Gasteiger partial charge is 0.329 e. The third kappa shape index (κ3) is 4.52. The minimum atomic E-state index is -3.53. The van der Waals surface area contributed by atoms with Crippen LogP contribution in [-0.4, -0.2) is 68.2 Å². The van der Waals surface area contributed by atoms with Gasteiger partial charge in [-0.25, -0.2) is 8.42 Å². The van der Waals surface area contributed by atoms with E-state index >= 15 is 0 Å². The van der Waals surface area contributed by atoms with E-state index in [1.54, 1.807) is 12.1 Å². The molecule has 2 aromatic rings. The number of benzene rings is 2. The van der Waals surface area contributed by atoms with Crippen molar-refractivity contribution in [3.05, 3.63) is 65.7 Å². The average molecular weight is 416 g/mol. The van der Waals surface area contributed by atoms with E-state index in [0.29, 0.717) is 25.2 Å². The number of nitrogens with zero attached hydrogens (tertiary/aromatic N) is 3. The molecule has 2 aromatic carbocycles. The van der Waals surface area contributed by atoms with Crippen molar-refractivity contribution >= 4 is 15.9 Å². The minimum Gasteiger partial charge on any atom is -0.329 e. The van der Waals surface area contributed by atoms with Gasteiger partial charge in [-0.3, -0.25) is 4.79 Å². The van der Waals surface area contributed by atoms with E-state index in [-0.39, 0.29) is 16.8 Å². The first-order valence-electron chi connectivity index (χ1n) is 10.0. The summed E-state index contributed by atoms with van der Waals surface area (Å²) in [6.45, 7) is 6.67. The Balaban J connectivity index is 1.85. The topological polar surface area (TPSA) is 60.9 Å². The zero-order chi connectivity index (χ0) is 21.0. The molecule has 0 aliphatic carbocycles. The Kier molecular flexibility index (Phi) is 6.72. The van der Waals surface area contributed by atoms with Crippen LogP contribution in [0, 0.1) is 0 Å². The first-order valence-corrected chi connectivity index (χ1v) is 11.5. The lowest BCUT2D eigenvalue weighted by Gasteiger charge is -2.40. The van der Waals surface area contributed by atoms with E-state index in [1.165, 1.54) is 16.4 Å². The Labute approximate surface area is 173 Å². The predicted octanol–water partition coefficient (Wildman–Crippen LogP) is 2.85. The van der Waals surface area contributed by atoms with Gasteiger partial charge in [0.15, 0.2) is 0 Å². The lowest BCUT2D eigenvalue weighted by Crippen LogP contribution is -2.49. The van der Waals surface area contributed by atoms with Gasteiger partial charge in [-0.15, -0.1) is 0 Å². The van der Waals surface area contributed by atoms with Crippen molar-refractivity contribution in [2.45, 2.75) is 24.8 Å². The minimum absolute atomic E-state index is 0.0264. The van der Waals surface area contributed by atoms with Crippen LogP contribution in [0.25, 0.3) is 0 Å². The number of carbonyl (C=O) groups excluding carboxylic acids is 1. The fourth-order valence-electron chi connectivity index (χ4n) is 3.77. The first kappa shape index (κ1) is 21.5. The van der Waals surface area contributed by atoms with Crippen LogP contribution in [0.15, 0.2) is 59.5 Å². The van der Waals surface area contributed by atoms with Crippen LogP contribution in [0.3, 0.4) is 0 Å². The number of piperazine rings is 1. The molecule has 0 aromatic heterocycles. The molecule has 1 aliphatic rings. The molecule has 3 rings (SSSR count). The molecule has 1 amide bonds. The Bertz CT molecular complexity index is 926. The summed E-state index contributed by atoms with van der Waals surface area (Å²) in [5, 5.41) is 0. The molecule has 0 N–H and O–H groups in total. The van der Waals surface area contributed by atoms with E-state index < -0.39 is 10.0 Å². The van der Waals surface area contributed by atoms with Crippen molar-refractivity contribution in [2.24, 2.45) is 0 Å². The van der Waals surface area contributed by atoms with Crippen LogP contribution in [-0.2, 0) is 10.0 Å². The van der Waals surface area contributed by atoms with E-state index in [2.05, 4.69) is 11.9 Å². The highest BCUT2D eigenvalue weighted by molar-refractivity contribution is 7.89. The summed E-state index contributed by atoms with van der Waals surface area (Å²) in [4.78, 5) is 17.6. The molecule has 7 heteroatoms. The van der Waals surface area contributed by atoms with Gasteiger partial charge in [0, 0.05) is 38.3 Å². The highest BCUT2D eigenvalue weighted by Gasteiger charge is 2.31.